The van der Waals surface area contributed by atoms with Gasteiger partial charge < -0.3 is 10.4 Å². The van der Waals surface area contributed by atoms with E-state index in [1.165, 1.54) is 17.3 Å². The molecule has 1 aliphatic carbocycles. The molecule has 1 aliphatic rings. The molecule has 0 aromatic carbocycles. The lowest BCUT2D eigenvalue weighted by Crippen LogP contribution is -2.47. The number of nitrogens with zero attached hydrogens (tertiary/aromatic N) is 3. The van der Waals surface area contributed by atoms with Crippen molar-refractivity contribution < 1.29 is 9.90 Å². The third kappa shape index (κ3) is 3.56. The monoisotopic (exact) mass is 280 g/mol. The predicted octanol–water partition coefficient (Wildman–Crippen LogP) is 1.29. The zero-order valence-electron chi connectivity index (χ0n) is 12.5. The van der Waals surface area contributed by atoms with Crippen molar-refractivity contribution in [2.24, 2.45) is 5.41 Å². The van der Waals surface area contributed by atoms with Crippen LogP contribution in [0, 0.1) is 5.41 Å². The Morgan fingerprint density at radius 2 is 2.05 bits per heavy atom. The highest BCUT2D eigenvalue weighted by molar-refractivity contribution is 5.79. The molecular weight excluding hydrogens is 256 g/mol. The number of carbonyl (C=O) groups excluding carboxylic acids is 1. The largest absolute Gasteiger partial charge is 0.388 e. The van der Waals surface area contributed by atoms with Crippen LogP contribution >= 0.6 is 0 Å². The van der Waals surface area contributed by atoms with Crippen LogP contribution in [-0.2, 0) is 4.79 Å². The van der Waals surface area contributed by atoms with E-state index >= 15 is 0 Å². The summed E-state index contributed by atoms with van der Waals surface area (Å²) in [6.45, 7) is 6.51. The molecule has 1 aromatic heterocycles. The van der Waals surface area contributed by atoms with Gasteiger partial charge in [-0.05, 0) is 38.0 Å². The Balaban J connectivity index is 1.84. The van der Waals surface area contributed by atoms with Crippen molar-refractivity contribution >= 4 is 5.91 Å². The molecule has 0 radical (unpaired) electrons. The van der Waals surface area contributed by atoms with Gasteiger partial charge in [0, 0.05) is 6.54 Å². The van der Waals surface area contributed by atoms with Crippen LogP contribution < -0.4 is 5.32 Å². The number of nitrogens with one attached hydrogen (secondary N) is 1. The van der Waals surface area contributed by atoms with Gasteiger partial charge in [0.05, 0.1) is 5.60 Å². The molecule has 20 heavy (non-hydrogen) atoms. The van der Waals surface area contributed by atoms with Crippen molar-refractivity contribution in [1.82, 2.24) is 20.1 Å². The van der Waals surface area contributed by atoms with Gasteiger partial charge in [-0.25, -0.2) is 9.67 Å². The van der Waals surface area contributed by atoms with E-state index in [-0.39, 0.29) is 5.91 Å². The highest BCUT2D eigenvalue weighted by Gasteiger charge is 2.37. The van der Waals surface area contributed by atoms with Crippen LogP contribution in [0.15, 0.2) is 12.7 Å². The van der Waals surface area contributed by atoms with E-state index in [9.17, 15) is 9.90 Å². The minimum atomic E-state index is -0.771. The van der Waals surface area contributed by atoms with Gasteiger partial charge in [-0.1, -0.05) is 13.8 Å². The molecule has 1 atom stereocenters. The molecule has 1 heterocycles. The van der Waals surface area contributed by atoms with E-state index in [1.807, 2.05) is 0 Å². The molecule has 1 unspecified atom stereocenters. The maximum absolute atomic E-state index is 12.0. The highest BCUT2D eigenvalue weighted by atomic mass is 16.3. The predicted molar refractivity (Wildman–Crippen MR) is 74.9 cm³/mol. The first-order chi connectivity index (χ1) is 9.31. The molecule has 112 valence electrons. The van der Waals surface area contributed by atoms with E-state index in [1.54, 1.807) is 6.92 Å². The van der Waals surface area contributed by atoms with E-state index < -0.39 is 11.6 Å². The molecule has 0 bridgehead atoms. The Morgan fingerprint density at radius 1 is 1.40 bits per heavy atom. The molecule has 2 rings (SSSR count). The number of aliphatic hydroxyl groups is 1. The SMILES string of the molecule is CC(C(=O)NCC1(O)CCC(C)(C)CC1)n1cncn1. The van der Waals surface area contributed by atoms with Crippen molar-refractivity contribution in [3.05, 3.63) is 12.7 Å². The van der Waals surface area contributed by atoms with Crippen LogP contribution in [0.3, 0.4) is 0 Å². The smallest absolute Gasteiger partial charge is 0.244 e. The van der Waals surface area contributed by atoms with Crippen molar-refractivity contribution in [1.29, 1.82) is 0 Å². The molecule has 0 spiro atoms. The Bertz CT molecular complexity index is 446. The summed E-state index contributed by atoms with van der Waals surface area (Å²) in [5.74, 6) is -0.145. The van der Waals surface area contributed by atoms with Crippen molar-refractivity contribution in [3.8, 4) is 0 Å². The van der Waals surface area contributed by atoms with Crippen LogP contribution in [0.25, 0.3) is 0 Å². The minimum Gasteiger partial charge on any atom is -0.388 e. The maximum atomic E-state index is 12.0. The number of aromatic nitrogens is 3. The standard InChI is InChI=1S/C14H24N4O2/c1-11(18-10-15-9-17-18)12(19)16-8-14(20)6-4-13(2,3)5-7-14/h9-11,20H,4-8H2,1-3H3,(H,16,19). The van der Waals surface area contributed by atoms with Gasteiger partial charge in [-0.15, -0.1) is 0 Å². The fraction of sp³-hybridized carbons (Fsp3) is 0.786. The number of rotatable bonds is 4. The summed E-state index contributed by atoms with van der Waals surface area (Å²) in [5, 5.41) is 17.3. The molecule has 6 nitrogen and oxygen atoms in total. The van der Waals surface area contributed by atoms with Crippen molar-refractivity contribution in [2.75, 3.05) is 6.54 Å². The second-order valence-corrected chi connectivity index (χ2v) is 6.66. The summed E-state index contributed by atoms with van der Waals surface area (Å²) < 4.78 is 1.50. The first-order valence-electron chi connectivity index (χ1n) is 7.16. The van der Waals surface area contributed by atoms with Crippen LogP contribution in [0.5, 0.6) is 0 Å². The molecular formula is C14H24N4O2. The van der Waals surface area contributed by atoms with E-state index in [2.05, 4.69) is 29.2 Å². The molecule has 1 amide bonds. The Kier molecular flexibility index (Phi) is 4.13. The highest BCUT2D eigenvalue weighted by Crippen LogP contribution is 2.39. The Hall–Kier alpha value is -1.43. The van der Waals surface area contributed by atoms with Gasteiger partial charge in [0.25, 0.3) is 0 Å². The van der Waals surface area contributed by atoms with E-state index in [0.29, 0.717) is 12.0 Å². The van der Waals surface area contributed by atoms with Gasteiger partial charge in [0.1, 0.15) is 18.7 Å². The fourth-order valence-corrected chi connectivity index (χ4v) is 2.51. The first-order valence-corrected chi connectivity index (χ1v) is 7.16. The van der Waals surface area contributed by atoms with Crippen molar-refractivity contribution in [3.63, 3.8) is 0 Å². The third-order valence-electron chi connectivity index (χ3n) is 4.34. The first kappa shape index (κ1) is 15.0. The van der Waals surface area contributed by atoms with Crippen LogP contribution in [0.4, 0.5) is 0 Å². The minimum absolute atomic E-state index is 0.145. The molecule has 2 N–H and O–H groups in total. The van der Waals surface area contributed by atoms with Crippen LogP contribution in [0.1, 0.15) is 52.5 Å². The van der Waals surface area contributed by atoms with Crippen molar-refractivity contribution in [2.45, 2.75) is 58.1 Å². The molecule has 1 aromatic rings. The lowest BCUT2D eigenvalue weighted by molar-refractivity contribution is -0.126. The zero-order valence-corrected chi connectivity index (χ0v) is 12.5. The Morgan fingerprint density at radius 3 is 2.60 bits per heavy atom. The van der Waals surface area contributed by atoms with Gasteiger partial charge >= 0.3 is 0 Å². The van der Waals surface area contributed by atoms with Crippen LogP contribution in [0.2, 0.25) is 0 Å². The summed E-state index contributed by atoms with van der Waals surface area (Å²) in [6, 6.07) is -0.416. The zero-order chi connectivity index (χ0) is 14.8. The number of carbonyl (C=O) groups is 1. The molecule has 0 aliphatic heterocycles. The fourth-order valence-electron chi connectivity index (χ4n) is 2.51. The Labute approximate surface area is 119 Å². The second kappa shape index (κ2) is 5.52. The molecule has 6 heteroatoms. The number of hydrogen-bond donors (Lipinski definition) is 2. The third-order valence-corrected chi connectivity index (χ3v) is 4.34. The number of amides is 1. The quantitative estimate of drug-likeness (QED) is 0.871. The van der Waals surface area contributed by atoms with Gasteiger partial charge in [0.15, 0.2) is 0 Å². The van der Waals surface area contributed by atoms with Gasteiger partial charge in [0.2, 0.25) is 5.91 Å². The normalized spacial score (nSPS) is 22.2. The molecule has 1 fully saturated rings. The summed E-state index contributed by atoms with van der Waals surface area (Å²) in [4.78, 5) is 15.9. The topological polar surface area (TPSA) is 80.0 Å². The summed E-state index contributed by atoms with van der Waals surface area (Å²) in [7, 11) is 0. The molecule has 1 saturated carbocycles. The summed E-state index contributed by atoms with van der Waals surface area (Å²) in [5.41, 5.74) is -0.475. The van der Waals surface area contributed by atoms with E-state index in [4.69, 9.17) is 0 Å². The van der Waals surface area contributed by atoms with Crippen LogP contribution in [-0.4, -0.2) is 37.9 Å². The maximum Gasteiger partial charge on any atom is 0.244 e. The summed E-state index contributed by atoms with van der Waals surface area (Å²) >= 11 is 0. The summed E-state index contributed by atoms with van der Waals surface area (Å²) in [6.07, 6.45) is 6.36. The molecule has 0 saturated heterocycles. The average Bonchev–Trinajstić information content (AvgIpc) is 2.93. The lowest BCUT2D eigenvalue weighted by atomic mass is 9.71. The van der Waals surface area contributed by atoms with E-state index in [0.717, 1.165) is 25.7 Å². The second-order valence-electron chi connectivity index (χ2n) is 6.66. The number of hydrogen-bond acceptors (Lipinski definition) is 4. The average molecular weight is 280 g/mol. The lowest BCUT2D eigenvalue weighted by Gasteiger charge is -2.40. The van der Waals surface area contributed by atoms with Gasteiger partial charge in [-0.3, -0.25) is 4.79 Å². The van der Waals surface area contributed by atoms with Gasteiger partial charge in [-0.2, -0.15) is 5.10 Å².